The first kappa shape index (κ1) is 21.4. The average Bonchev–Trinajstić information content (AvgIpc) is 3.59. The molecule has 3 N–H and O–H groups in total. The fourth-order valence-electron chi connectivity index (χ4n) is 6.32. The van der Waals surface area contributed by atoms with E-state index in [9.17, 15) is 14.4 Å². The Bertz CT molecular complexity index is 1580. The number of anilines is 2. The van der Waals surface area contributed by atoms with Crippen LogP contribution in [0.5, 0.6) is 0 Å². The third-order valence-corrected chi connectivity index (χ3v) is 8.04. The van der Waals surface area contributed by atoms with E-state index in [1.165, 1.54) is 4.90 Å². The third kappa shape index (κ3) is 2.75. The molecule has 1 spiro atoms. The molecule has 4 heterocycles. The lowest BCUT2D eigenvalue weighted by molar-refractivity contribution is -0.130. The van der Waals surface area contributed by atoms with Crippen LogP contribution >= 0.6 is 11.6 Å². The van der Waals surface area contributed by atoms with Gasteiger partial charge in [0.05, 0.1) is 17.5 Å². The molecule has 178 valence electrons. The zero-order valence-corrected chi connectivity index (χ0v) is 19.8. The summed E-state index contributed by atoms with van der Waals surface area (Å²) in [6, 6.07) is 21.6. The lowest BCUT2D eigenvalue weighted by Gasteiger charge is -2.29. The van der Waals surface area contributed by atoms with Gasteiger partial charge in [0.15, 0.2) is 0 Å². The molecular formula is C28H21ClN4O3. The molecule has 1 aromatic heterocycles. The lowest BCUT2D eigenvalue weighted by atomic mass is 9.76. The van der Waals surface area contributed by atoms with Gasteiger partial charge in [-0.3, -0.25) is 19.7 Å². The predicted octanol–water partition coefficient (Wildman–Crippen LogP) is 3.99. The molecule has 0 bridgehead atoms. The monoisotopic (exact) mass is 496 g/mol. The number of carbonyl (C=O) groups excluding carboxylic acids is 3. The van der Waals surface area contributed by atoms with E-state index in [4.69, 9.17) is 11.6 Å². The van der Waals surface area contributed by atoms with Crippen LogP contribution < -0.4 is 15.5 Å². The van der Waals surface area contributed by atoms with Crippen LogP contribution in [0.2, 0.25) is 5.02 Å². The summed E-state index contributed by atoms with van der Waals surface area (Å²) in [7, 11) is 0. The van der Waals surface area contributed by atoms with Crippen molar-refractivity contribution in [2.24, 2.45) is 11.8 Å². The topological polar surface area (TPSA) is 94.3 Å². The van der Waals surface area contributed by atoms with Crippen LogP contribution in [-0.4, -0.2) is 28.7 Å². The molecule has 7 nitrogen and oxygen atoms in total. The van der Waals surface area contributed by atoms with Crippen molar-refractivity contribution in [3.63, 3.8) is 0 Å². The van der Waals surface area contributed by atoms with Crippen LogP contribution in [0.15, 0.2) is 79.0 Å². The quantitative estimate of drug-likeness (QED) is 0.374. The highest BCUT2D eigenvalue weighted by atomic mass is 35.5. The maximum Gasteiger partial charge on any atom is 0.250 e. The summed E-state index contributed by atoms with van der Waals surface area (Å²) >= 11 is 6.35. The molecule has 0 unspecified atom stereocenters. The number of amides is 3. The number of benzene rings is 3. The molecule has 4 atom stereocenters. The molecule has 3 amide bonds. The van der Waals surface area contributed by atoms with Gasteiger partial charge < -0.3 is 10.3 Å². The number of rotatable bonds is 3. The van der Waals surface area contributed by atoms with E-state index >= 15 is 0 Å². The van der Waals surface area contributed by atoms with Crippen molar-refractivity contribution in [2.75, 3.05) is 10.2 Å². The van der Waals surface area contributed by atoms with Crippen molar-refractivity contribution >= 4 is 51.6 Å². The average molecular weight is 497 g/mol. The Morgan fingerprint density at radius 2 is 1.69 bits per heavy atom. The van der Waals surface area contributed by atoms with Gasteiger partial charge in [0.2, 0.25) is 17.7 Å². The number of hydrogen-bond donors (Lipinski definition) is 3. The molecular weight excluding hydrogens is 476 g/mol. The molecule has 8 heteroatoms. The van der Waals surface area contributed by atoms with Gasteiger partial charge in [-0.25, -0.2) is 4.90 Å². The van der Waals surface area contributed by atoms with Gasteiger partial charge in [0.1, 0.15) is 5.54 Å². The van der Waals surface area contributed by atoms with Crippen LogP contribution in [0.1, 0.15) is 11.1 Å². The summed E-state index contributed by atoms with van der Waals surface area (Å²) in [4.78, 5) is 46.1. The van der Waals surface area contributed by atoms with E-state index in [1.807, 2.05) is 36.5 Å². The molecule has 0 radical (unpaired) electrons. The van der Waals surface area contributed by atoms with E-state index < -0.39 is 23.4 Å². The number of aromatic amines is 1. The van der Waals surface area contributed by atoms with Crippen LogP contribution in [0.25, 0.3) is 10.9 Å². The van der Waals surface area contributed by atoms with Crippen molar-refractivity contribution in [1.82, 2.24) is 10.3 Å². The lowest BCUT2D eigenvalue weighted by Crippen LogP contribution is -2.53. The van der Waals surface area contributed by atoms with Crippen LogP contribution in [0, 0.1) is 11.8 Å². The smallest absolute Gasteiger partial charge is 0.250 e. The second-order valence-electron chi connectivity index (χ2n) is 9.62. The second kappa shape index (κ2) is 7.53. The number of nitrogens with zero attached hydrogens (tertiary/aromatic N) is 1. The molecule has 7 rings (SSSR count). The minimum absolute atomic E-state index is 0.298. The van der Waals surface area contributed by atoms with Gasteiger partial charge in [-0.1, -0.05) is 48.0 Å². The fraction of sp³-hybridized carbons (Fsp3) is 0.179. The van der Waals surface area contributed by atoms with Crippen LogP contribution in [-0.2, 0) is 26.3 Å². The number of aromatic nitrogens is 1. The SMILES string of the molecule is O=C1[C@@H]2[C@H](Cc3c[nH]c4ccccc34)N[C@@]3(C(=O)Nc4ccc(Cl)cc43)[C@@H]2C(=O)N1c1ccccc1. The van der Waals surface area contributed by atoms with Gasteiger partial charge in [0, 0.05) is 39.4 Å². The first-order valence-corrected chi connectivity index (χ1v) is 12.2. The first-order valence-electron chi connectivity index (χ1n) is 11.9. The van der Waals surface area contributed by atoms with Gasteiger partial charge in [0.25, 0.3) is 0 Å². The minimum atomic E-state index is -1.39. The zero-order chi connectivity index (χ0) is 24.6. The van der Waals surface area contributed by atoms with Crippen molar-refractivity contribution < 1.29 is 14.4 Å². The highest BCUT2D eigenvalue weighted by Crippen LogP contribution is 2.54. The highest BCUT2D eigenvalue weighted by Gasteiger charge is 2.70. The summed E-state index contributed by atoms with van der Waals surface area (Å²) in [6.07, 6.45) is 2.40. The summed E-state index contributed by atoms with van der Waals surface area (Å²) in [5, 5.41) is 7.91. The Morgan fingerprint density at radius 3 is 2.53 bits per heavy atom. The molecule has 36 heavy (non-hydrogen) atoms. The molecule has 2 fully saturated rings. The number of nitrogens with one attached hydrogen (secondary N) is 3. The standard InChI is InChI=1S/C28H21ClN4O3/c29-16-10-11-21-19(13-16)28(27(36)31-21)24-23(25(34)33(26(24)35)17-6-2-1-3-7-17)22(32-28)12-15-14-30-20-9-5-4-8-18(15)20/h1-11,13-14,22-24,30,32H,12H2,(H,31,36)/t22-,23+,24-,28+/m0/s1. The Kier molecular flexibility index (Phi) is 4.46. The summed E-state index contributed by atoms with van der Waals surface area (Å²) in [5.74, 6) is -2.64. The largest absolute Gasteiger partial charge is 0.361 e. The van der Waals surface area contributed by atoms with E-state index in [2.05, 4.69) is 15.6 Å². The number of imide groups is 1. The number of fused-ring (bicyclic) bond motifs is 5. The molecule has 2 saturated heterocycles. The minimum Gasteiger partial charge on any atom is -0.361 e. The predicted molar refractivity (Wildman–Crippen MR) is 137 cm³/mol. The van der Waals surface area contributed by atoms with Crippen molar-refractivity contribution in [1.29, 1.82) is 0 Å². The third-order valence-electron chi connectivity index (χ3n) is 7.81. The summed E-state index contributed by atoms with van der Waals surface area (Å²) < 4.78 is 0. The number of halogens is 1. The second-order valence-corrected chi connectivity index (χ2v) is 10.1. The van der Waals surface area contributed by atoms with Gasteiger partial charge in [-0.15, -0.1) is 0 Å². The van der Waals surface area contributed by atoms with Gasteiger partial charge >= 0.3 is 0 Å². The summed E-state index contributed by atoms with van der Waals surface area (Å²) in [5.41, 5.74) is 2.33. The normalized spacial score (nSPS) is 26.6. The highest BCUT2D eigenvalue weighted by molar-refractivity contribution is 6.31. The van der Waals surface area contributed by atoms with Crippen molar-refractivity contribution in [3.05, 3.63) is 95.1 Å². The van der Waals surface area contributed by atoms with E-state index in [0.29, 0.717) is 28.4 Å². The molecule has 0 saturated carbocycles. The Balaban J connectivity index is 1.39. The van der Waals surface area contributed by atoms with Crippen LogP contribution in [0.3, 0.4) is 0 Å². The Labute approximate surface area is 211 Å². The van der Waals surface area contributed by atoms with E-state index in [1.54, 1.807) is 42.5 Å². The number of H-pyrrole nitrogens is 1. The van der Waals surface area contributed by atoms with E-state index in [0.717, 1.165) is 16.5 Å². The van der Waals surface area contributed by atoms with Crippen molar-refractivity contribution in [2.45, 2.75) is 18.0 Å². The van der Waals surface area contributed by atoms with Crippen LogP contribution in [0.4, 0.5) is 11.4 Å². The molecule has 3 aliphatic heterocycles. The van der Waals surface area contributed by atoms with Gasteiger partial charge in [-0.2, -0.15) is 0 Å². The van der Waals surface area contributed by atoms with E-state index in [-0.39, 0.29) is 17.7 Å². The summed E-state index contributed by atoms with van der Waals surface area (Å²) in [6.45, 7) is 0. The molecule has 3 aromatic carbocycles. The van der Waals surface area contributed by atoms with Gasteiger partial charge in [-0.05, 0) is 48.4 Å². The maximum atomic E-state index is 14.0. The molecule has 4 aromatic rings. The fourth-order valence-corrected chi connectivity index (χ4v) is 6.49. The Morgan fingerprint density at radius 1 is 0.917 bits per heavy atom. The first-order chi connectivity index (χ1) is 17.5. The number of para-hydroxylation sites is 2. The number of carbonyl (C=O) groups is 3. The maximum absolute atomic E-state index is 14.0. The molecule has 3 aliphatic rings. The zero-order valence-electron chi connectivity index (χ0n) is 19.0. The Hall–Kier alpha value is -3.94. The molecule has 0 aliphatic carbocycles. The van der Waals surface area contributed by atoms with Crippen molar-refractivity contribution in [3.8, 4) is 0 Å². The number of hydrogen-bond acceptors (Lipinski definition) is 4.